The van der Waals surface area contributed by atoms with Crippen LogP contribution in [0.4, 0.5) is 10.1 Å². The summed E-state index contributed by atoms with van der Waals surface area (Å²) < 4.78 is 13.8. The van der Waals surface area contributed by atoms with Crippen molar-refractivity contribution in [3.63, 3.8) is 0 Å². The molecule has 1 atom stereocenters. The molecule has 1 aliphatic carbocycles. The first-order valence-corrected chi connectivity index (χ1v) is 7.38. The van der Waals surface area contributed by atoms with Crippen molar-refractivity contribution in [3.8, 4) is 0 Å². The van der Waals surface area contributed by atoms with Crippen LogP contribution in [0.3, 0.4) is 0 Å². The maximum absolute atomic E-state index is 13.8. The molecule has 3 rings (SSSR count). The van der Waals surface area contributed by atoms with Gasteiger partial charge in [0.05, 0.1) is 5.69 Å². The summed E-state index contributed by atoms with van der Waals surface area (Å²) in [6.07, 6.45) is 3.51. The molecule has 3 heteroatoms. The lowest BCUT2D eigenvalue weighted by Gasteiger charge is -2.26. The van der Waals surface area contributed by atoms with Crippen molar-refractivity contribution in [1.29, 1.82) is 0 Å². The van der Waals surface area contributed by atoms with Crippen molar-refractivity contribution in [3.05, 3.63) is 64.4 Å². The first-order chi connectivity index (χ1) is 9.74. The van der Waals surface area contributed by atoms with E-state index in [0.29, 0.717) is 16.6 Å². The van der Waals surface area contributed by atoms with Crippen LogP contribution < -0.4 is 5.32 Å². The molecule has 0 aromatic heterocycles. The van der Waals surface area contributed by atoms with Crippen molar-refractivity contribution in [2.24, 2.45) is 0 Å². The van der Waals surface area contributed by atoms with Crippen molar-refractivity contribution in [2.75, 3.05) is 11.9 Å². The highest BCUT2D eigenvalue weighted by Crippen LogP contribution is 2.32. The summed E-state index contributed by atoms with van der Waals surface area (Å²) in [6.45, 7) is 0.759. The zero-order valence-electron chi connectivity index (χ0n) is 11.2. The molecular formula is C17H17ClFN. The summed E-state index contributed by atoms with van der Waals surface area (Å²) in [5.74, 6) is 0.164. The molecule has 0 bridgehead atoms. The van der Waals surface area contributed by atoms with Crippen LogP contribution in [0.1, 0.15) is 29.9 Å². The third kappa shape index (κ3) is 2.80. The summed E-state index contributed by atoms with van der Waals surface area (Å²) in [5, 5.41) is 3.64. The minimum absolute atomic E-state index is 0.290. The molecule has 0 radical (unpaired) electrons. The Hall–Kier alpha value is -1.54. The number of aryl methyl sites for hydroxylation is 1. The SMILES string of the molecule is Fc1cc(Cl)ccc1NCC1CCCc2ccccc21. The van der Waals surface area contributed by atoms with Crippen molar-refractivity contribution >= 4 is 17.3 Å². The lowest BCUT2D eigenvalue weighted by Crippen LogP contribution is -2.18. The molecule has 1 N–H and O–H groups in total. The summed E-state index contributed by atoms with van der Waals surface area (Å²) in [5.41, 5.74) is 3.36. The predicted octanol–water partition coefficient (Wildman–Crippen LogP) is 5.01. The van der Waals surface area contributed by atoms with Gasteiger partial charge in [-0.15, -0.1) is 0 Å². The van der Waals surface area contributed by atoms with Gasteiger partial charge in [0.2, 0.25) is 0 Å². The number of hydrogen-bond acceptors (Lipinski definition) is 1. The van der Waals surface area contributed by atoms with E-state index in [1.54, 1.807) is 12.1 Å². The summed E-state index contributed by atoms with van der Waals surface area (Å²) in [7, 11) is 0. The average molecular weight is 290 g/mol. The Bertz CT molecular complexity index is 612. The largest absolute Gasteiger partial charge is 0.382 e. The Balaban J connectivity index is 1.73. The van der Waals surface area contributed by atoms with E-state index in [2.05, 4.69) is 29.6 Å². The second-order valence-corrected chi connectivity index (χ2v) is 5.73. The number of rotatable bonds is 3. The van der Waals surface area contributed by atoms with E-state index in [9.17, 15) is 4.39 Å². The molecule has 0 saturated heterocycles. The second kappa shape index (κ2) is 5.84. The van der Waals surface area contributed by atoms with Crippen molar-refractivity contribution in [2.45, 2.75) is 25.2 Å². The van der Waals surface area contributed by atoms with Crippen LogP contribution in [0.15, 0.2) is 42.5 Å². The molecule has 104 valence electrons. The fourth-order valence-electron chi connectivity index (χ4n) is 2.93. The quantitative estimate of drug-likeness (QED) is 0.837. The minimum Gasteiger partial charge on any atom is -0.382 e. The minimum atomic E-state index is -0.290. The van der Waals surface area contributed by atoms with Crippen LogP contribution in [0.25, 0.3) is 0 Å². The van der Waals surface area contributed by atoms with Gasteiger partial charge < -0.3 is 5.32 Å². The lowest BCUT2D eigenvalue weighted by molar-refractivity contribution is 0.568. The number of anilines is 1. The normalized spacial score (nSPS) is 17.6. The van der Waals surface area contributed by atoms with Gasteiger partial charge in [0.25, 0.3) is 0 Å². The molecule has 0 amide bonds. The van der Waals surface area contributed by atoms with Crippen LogP contribution in [-0.2, 0) is 6.42 Å². The Labute approximate surface area is 123 Å². The van der Waals surface area contributed by atoms with Gasteiger partial charge in [-0.3, -0.25) is 0 Å². The fourth-order valence-corrected chi connectivity index (χ4v) is 3.09. The zero-order valence-corrected chi connectivity index (χ0v) is 12.0. The van der Waals surface area contributed by atoms with E-state index in [0.717, 1.165) is 19.4 Å². The van der Waals surface area contributed by atoms with E-state index in [1.165, 1.54) is 23.6 Å². The Morgan fingerprint density at radius 1 is 1.20 bits per heavy atom. The highest BCUT2D eigenvalue weighted by Gasteiger charge is 2.19. The van der Waals surface area contributed by atoms with Crippen molar-refractivity contribution < 1.29 is 4.39 Å². The van der Waals surface area contributed by atoms with Gasteiger partial charge in [0.15, 0.2) is 0 Å². The highest BCUT2D eigenvalue weighted by molar-refractivity contribution is 6.30. The Kier molecular flexibility index (Phi) is 3.93. The Morgan fingerprint density at radius 2 is 2.05 bits per heavy atom. The molecule has 0 heterocycles. The van der Waals surface area contributed by atoms with E-state index >= 15 is 0 Å². The second-order valence-electron chi connectivity index (χ2n) is 5.29. The van der Waals surface area contributed by atoms with Crippen molar-refractivity contribution in [1.82, 2.24) is 0 Å². The monoisotopic (exact) mass is 289 g/mol. The van der Waals surface area contributed by atoms with Crippen LogP contribution in [0, 0.1) is 5.82 Å². The molecule has 0 spiro atoms. The molecule has 0 saturated carbocycles. The van der Waals surface area contributed by atoms with Gasteiger partial charge in [0.1, 0.15) is 5.82 Å². The highest BCUT2D eigenvalue weighted by atomic mass is 35.5. The number of nitrogens with one attached hydrogen (secondary N) is 1. The third-order valence-corrected chi connectivity index (χ3v) is 4.20. The molecule has 1 aliphatic rings. The number of hydrogen-bond donors (Lipinski definition) is 1. The van der Waals surface area contributed by atoms with Gasteiger partial charge in [-0.05, 0) is 48.6 Å². The number of fused-ring (bicyclic) bond motifs is 1. The van der Waals surface area contributed by atoms with Crippen LogP contribution >= 0.6 is 11.6 Å². The Morgan fingerprint density at radius 3 is 2.90 bits per heavy atom. The van der Waals surface area contributed by atoms with Gasteiger partial charge in [-0.25, -0.2) is 4.39 Å². The maximum atomic E-state index is 13.8. The standard InChI is InChI=1S/C17H17ClFN/c18-14-8-9-17(16(19)10-14)20-11-13-6-3-5-12-4-1-2-7-15(12)13/h1-2,4,7-10,13,20H,3,5-6,11H2. The van der Waals surface area contributed by atoms with Gasteiger partial charge in [-0.2, -0.15) is 0 Å². The summed E-state index contributed by atoms with van der Waals surface area (Å²) in [6, 6.07) is 13.3. The molecule has 1 unspecified atom stereocenters. The van der Waals surface area contributed by atoms with E-state index in [4.69, 9.17) is 11.6 Å². The van der Waals surface area contributed by atoms with Crippen LogP contribution in [0.5, 0.6) is 0 Å². The smallest absolute Gasteiger partial charge is 0.147 e. The number of benzene rings is 2. The van der Waals surface area contributed by atoms with Gasteiger partial charge >= 0.3 is 0 Å². The first-order valence-electron chi connectivity index (χ1n) is 7.01. The molecule has 1 nitrogen and oxygen atoms in total. The third-order valence-electron chi connectivity index (χ3n) is 3.96. The summed E-state index contributed by atoms with van der Waals surface area (Å²) in [4.78, 5) is 0. The average Bonchev–Trinajstić information content (AvgIpc) is 2.46. The molecule has 2 aromatic rings. The van der Waals surface area contributed by atoms with Crippen LogP contribution in [0.2, 0.25) is 5.02 Å². The van der Waals surface area contributed by atoms with Crippen LogP contribution in [-0.4, -0.2) is 6.54 Å². The van der Waals surface area contributed by atoms with E-state index in [-0.39, 0.29) is 5.82 Å². The first kappa shape index (κ1) is 13.4. The van der Waals surface area contributed by atoms with E-state index < -0.39 is 0 Å². The summed E-state index contributed by atoms with van der Waals surface area (Å²) >= 11 is 5.76. The molecule has 0 aliphatic heterocycles. The fraction of sp³-hybridized carbons (Fsp3) is 0.294. The maximum Gasteiger partial charge on any atom is 0.147 e. The number of halogens is 2. The molecular weight excluding hydrogens is 273 g/mol. The van der Waals surface area contributed by atoms with Gasteiger partial charge in [-0.1, -0.05) is 35.9 Å². The lowest BCUT2D eigenvalue weighted by atomic mass is 9.83. The molecule has 2 aromatic carbocycles. The molecule has 0 fully saturated rings. The van der Waals surface area contributed by atoms with E-state index in [1.807, 2.05) is 0 Å². The topological polar surface area (TPSA) is 12.0 Å². The van der Waals surface area contributed by atoms with Gasteiger partial charge in [0, 0.05) is 17.5 Å². The molecule has 20 heavy (non-hydrogen) atoms. The predicted molar refractivity (Wildman–Crippen MR) is 82.0 cm³/mol. The zero-order chi connectivity index (χ0) is 13.9.